The predicted molar refractivity (Wildman–Crippen MR) is 53.9 cm³/mol. The van der Waals surface area contributed by atoms with Crippen molar-refractivity contribution in [2.45, 2.75) is 24.7 Å². The Kier molecular flexibility index (Phi) is 3.66. The minimum absolute atomic E-state index is 0.150. The normalized spacial score (nSPS) is 30.0. The Balaban J connectivity index is 1.85. The maximum absolute atomic E-state index is 9.62. The van der Waals surface area contributed by atoms with E-state index in [0.717, 1.165) is 0 Å². The average molecular weight is 226 g/mol. The summed E-state index contributed by atoms with van der Waals surface area (Å²) in [5, 5.41) is 19.1. The van der Waals surface area contributed by atoms with Gasteiger partial charge in [0.2, 0.25) is 5.88 Å². The molecule has 0 aliphatic carbocycles. The van der Waals surface area contributed by atoms with Crippen LogP contribution in [0.5, 0.6) is 5.88 Å². The van der Waals surface area contributed by atoms with Gasteiger partial charge in [-0.3, -0.25) is 4.98 Å². The molecule has 0 aromatic carbocycles. The molecule has 3 atom stereocenters. The molecule has 88 valence electrons. The first kappa shape index (κ1) is 11.3. The van der Waals surface area contributed by atoms with E-state index in [0.29, 0.717) is 18.9 Å². The van der Waals surface area contributed by atoms with Crippen LogP contribution in [0.4, 0.5) is 0 Å². The number of nitrogens with zero attached hydrogens (tertiary/aromatic N) is 2. The second kappa shape index (κ2) is 5.20. The van der Waals surface area contributed by atoms with Gasteiger partial charge in [0, 0.05) is 19.0 Å². The molecule has 0 amide bonds. The maximum atomic E-state index is 9.62. The minimum atomic E-state index is -0.912. The highest BCUT2D eigenvalue weighted by molar-refractivity contribution is 5.01. The summed E-state index contributed by atoms with van der Waals surface area (Å²) in [6.45, 7) is 0.573. The van der Waals surface area contributed by atoms with Crippen molar-refractivity contribution in [3.63, 3.8) is 0 Å². The third kappa shape index (κ3) is 2.66. The molecular weight excluding hydrogens is 212 g/mol. The van der Waals surface area contributed by atoms with Crippen molar-refractivity contribution in [3.8, 4) is 5.88 Å². The van der Waals surface area contributed by atoms with E-state index in [1.807, 2.05) is 0 Å². The molecule has 1 aromatic heterocycles. The lowest BCUT2D eigenvalue weighted by Gasteiger charge is -2.31. The summed E-state index contributed by atoms with van der Waals surface area (Å²) in [4.78, 5) is 7.76. The molecule has 1 fully saturated rings. The lowest BCUT2D eigenvalue weighted by Crippen LogP contribution is -2.47. The van der Waals surface area contributed by atoms with Crippen LogP contribution >= 0.6 is 0 Å². The molecule has 0 spiro atoms. The lowest BCUT2D eigenvalue weighted by molar-refractivity contribution is -0.145. The van der Waals surface area contributed by atoms with Crippen LogP contribution in [-0.4, -0.2) is 51.7 Å². The van der Waals surface area contributed by atoms with Crippen molar-refractivity contribution >= 4 is 0 Å². The van der Waals surface area contributed by atoms with Gasteiger partial charge in [0.05, 0.1) is 12.3 Å². The minimum Gasteiger partial charge on any atom is -0.474 e. The number of hydrogen-bond donors (Lipinski definition) is 2. The van der Waals surface area contributed by atoms with Crippen molar-refractivity contribution in [1.29, 1.82) is 0 Å². The van der Waals surface area contributed by atoms with E-state index in [1.165, 1.54) is 12.4 Å². The van der Waals surface area contributed by atoms with Gasteiger partial charge in [-0.25, -0.2) is 4.98 Å². The smallest absolute Gasteiger partial charge is 0.232 e. The second-order valence-corrected chi connectivity index (χ2v) is 3.61. The Morgan fingerprint density at radius 2 is 2.31 bits per heavy atom. The molecule has 3 unspecified atom stereocenters. The van der Waals surface area contributed by atoms with Crippen LogP contribution in [0, 0.1) is 0 Å². The molecule has 6 nitrogen and oxygen atoms in total. The quantitative estimate of drug-likeness (QED) is 0.713. The SMILES string of the molecule is OC1CCOC(COc2cnccn2)C1O. The Morgan fingerprint density at radius 3 is 3.06 bits per heavy atom. The Bertz CT molecular complexity index is 322. The third-order valence-electron chi connectivity index (χ3n) is 2.46. The predicted octanol–water partition coefficient (Wildman–Crippen LogP) is -0.634. The third-order valence-corrected chi connectivity index (χ3v) is 2.46. The number of hydrogen-bond acceptors (Lipinski definition) is 6. The standard InChI is InChI=1S/C10H14N2O4/c13-7-1-4-15-8(10(7)14)6-16-9-5-11-2-3-12-9/h2-3,5,7-8,10,13-14H,1,4,6H2. The molecule has 2 rings (SSSR count). The summed E-state index contributed by atoms with van der Waals surface area (Å²) in [5.41, 5.74) is 0. The molecular formula is C10H14N2O4. The summed E-state index contributed by atoms with van der Waals surface area (Å²) in [6, 6.07) is 0. The average Bonchev–Trinajstić information content (AvgIpc) is 2.32. The maximum Gasteiger partial charge on any atom is 0.232 e. The van der Waals surface area contributed by atoms with E-state index < -0.39 is 18.3 Å². The molecule has 1 aliphatic heterocycles. The van der Waals surface area contributed by atoms with Gasteiger partial charge in [-0.1, -0.05) is 0 Å². The van der Waals surface area contributed by atoms with Gasteiger partial charge in [0.1, 0.15) is 18.8 Å². The van der Waals surface area contributed by atoms with E-state index in [1.54, 1.807) is 6.20 Å². The zero-order valence-electron chi connectivity index (χ0n) is 8.69. The van der Waals surface area contributed by atoms with E-state index in [4.69, 9.17) is 9.47 Å². The molecule has 2 N–H and O–H groups in total. The van der Waals surface area contributed by atoms with Crippen molar-refractivity contribution in [3.05, 3.63) is 18.6 Å². The first-order valence-electron chi connectivity index (χ1n) is 5.14. The monoisotopic (exact) mass is 226 g/mol. The van der Waals surface area contributed by atoms with Gasteiger partial charge < -0.3 is 19.7 Å². The summed E-state index contributed by atoms with van der Waals surface area (Å²) < 4.78 is 10.6. The van der Waals surface area contributed by atoms with Gasteiger partial charge in [0.15, 0.2) is 0 Å². The molecule has 1 aromatic rings. The van der Waals surface area contributed by atoms with E-state index in [2.05, 4.69) is 9.97 Å². The summed E-state index contributed by atoms with van der Waals surface area (Å²) in [5.74, 6) is 0.373. The summed E-state index contributed by atoms with van der Waals surface area (Å²) in [6.07, 6.45) is 2.81. The van der Waals surface area contributed by atoms with Crippen LogP contribution in [0.25, 0.3) is 0 Å². The Hall–Kier alpha value is -1.24. The van der Waals surface area contributed by atoms with Crippen molar-refractivity contribution in [2.75, 3.05) is 13.2 Å². The van der Waals surface area contributed by atoms with Crippen LogP contribution in [0.3, 0.4) is 0 Å². The molecule has 0 bridgehead atoms. The molecule has 0 radical (unpaired) electrons. The summed E-state index contributed by atoms with van der Waals surface area (Å²) in [7, 11) is 0. The van der Waals surface area contributed by atoms with Crippen molar-refractivity contribution < 1.29 is 19.7 Å². The fourth-order valence-electron chi connectivity index (χ4n) is 1.53. The van der Waals surface area contributed by atoms with Gasteiger partial charge in [-0.05, 0) is 6.42 Å². The van der Waals surface area contributed by atoms with Crippen LogP contribution in [0.15, 0.2) is 18.6 Å². The topological polar surface area (TPSA) is 84.7 Å². The Labute approximate surface area is 92.9 Å². The number of aromatic nitrogens is 2. The number of ether oxygens (including phenoxy) is 2. The number of aliphatic hydroxyl groups excluding tert-OH is 2. The second-order valence-electron chi connectivity index (χ2n) is 3.61. The zero-order chi connectivity index (χ0) is 11.4. The van der Waals surface area contributed by atoms with Gasteiger partial charge in [-0.15, -0.1) is 0 Å². The lowest BCUT2D eigenvalue weighted by atomic mass is 10.0. The highest BCUT2D eigenvalue weighted by Gasteiger charge is 2.31. The fourth-order valence-corrected chi connectivity index (χ4v) is 1.53. The van der Waals surface area contributed by atoms with E-state index in [-0.39, 0.29) is 6.61 Å². The summed E-state index contributed by atoms with van der Waals surface area (Å²) >= 11 is 0. The largest absolute Gasteiger partial charge is 0.474 e. The molecule has 0 saturated carbocycles. The molecule has 6 heteroatoms. The van der Waals surface area contributed by atoms with Crippen LogP contribution < -0.4 is 4.74 Å². The number of rotatable bonds is 3. The first-order chi connectivity index (χ1) is 7.77. The van der Waals surface area contributed by atoms with Crippen molar-refractivity contribution in [2.24, 2.45) is 0 Å². The molecule has 1 saturated heterocycles. The van der Waals surface area contributed by atoms with Crippen molar-refractivity contribution in [1.82, 2.24) is 9.97 Å². The van der Waals surface area contributed by atoms with E-state index >= 15 is 0 Å². The molecule has 2 heterocycles. The molecule has 1 aliphatic rings. The Morgan fingerprint density at radius 1 is 1.44 bits per heavy atom. The van der Waals surface area contributed by atoms with Crippen LogP contribution in [0.1, 0.15) is 6.42 Å². The van der Waals surface area contributed by atoms with Gasteiger partial charge in [0.25, 0.3) is 0 Å². The zero-order valence-corrected chi connectivity index (χ0v) is 8.69. The fraction of sp³-hybridized carbons (Fsp3) is 0.600. The van der Waals surface area contributed by atoms with Gasteiger partial charge >= 0.3 is 0 Å². The first-order valence-corrected chi connectivity index (χ1v) is 5.14. The van der Waals surface area contributed by atoms with Crippen LogP contribution in [-0.2, 0) is 4.74 Å². The highest BCUT2D eigenvalue weighted by atomic mass is 16.5. The van der Waals surface area contributed by atoms with E-state index in [9.17, 15) is 10.2 Å². The van der Waals surface area contributed by atoms with Crippen LogP contribution in [0.2, 0.25) is 0 Å². The molecule has 16 heavy (non-hydrogen) atoms. The van der Waals surface area contributed by atoms with Gasteiger partial charge in [-0.2, -0.15) is 0 Å². The number of aliphatic hydroxyl groups is 2. The highest BCUT2D eigenvalue weighted by Crippen LogP contribution is 2.15.